The van der Waals surface area contributed by atoms with Crippen molar-refractivity contribution < 1.29 is 8.42 Å². The Morgan fingerprint density at radius 3 is 2.36 bits per heavy atom. The first-order valence-corrected chi connectivity index (χ1v) is 10.0. The smallest absolute Gasteiger partial charge is 0.262 e. The van der Waals surface area contributed by atoms with Gasteiger partial charge in [-0.25, -0.2) is 18.4 Å². The zero-order chi connectivity index (χ0) is 18.0. The molecule has 2 aromatic rings. The topological polar surface area (TPSA) is 75.2 Å². The Labute approximate surface area is 149 Å². The van der Waals surface area contributed by atoms with Crippen LogP contribution in [0.4, 0.5) is 11.6 Å². The molecular formula is C18H24N4O2S. The van der Waals surface area contributed by atoms with E-state index in [2.05, 4.69) is 26.5 Å². The maximum absolute atomic E-state index is 12.6. The molecule has 25 heavy (non-hydrogen) atoms. The van der Waals surface area contributed by atoms with Crippen molar-refractivity contribution in [2.75, 3.05) is 22.7 Å². The molecule has 3 rings (SSSR count). The van der Waals surface area contributed by atoms with Crippen LogP contribution >= 0.6 is 0 Å². The fourth-order valence-electron chi connectivity index (χ4n) is 3.06. The summed E-state index contributed by atoms with van der Waals surface area (Å²) in [5.74, 6) is 1.39. The lowest BCUT2D eigenvalue weighted by atomic mass is 10.00. The Hall–Kier alpha value is -2.15. The summed E-state index contributed by atoms with van der Waals surface area (Å²) in [4.78, 5) is 11.1. The molecule has 0 unspecified atom stereocenters. The second kappa shape index (κ2) is 7.00. The van der Waals surface area contributed by atoms with Crippen molar-refractivity contribution in [1.29, 1.82) is 0 Å². The number of anilines is 2. The summed E-state index contributed by atoms with van der Waals surface area (Å²) < 4.78 is 27.7. The first-order chi connectivity index (χ1) is 11.8. The third-order valence-corrected chi connectivity index (χ3v) is 6.12. The van der Waals surface area contributed by atoms with Gasteiger partial charge in [0.2, 0.25) is 5.95 Å². The lowest BCUT2D eigenvalue weighted by Crippen LogP contribution is -2.34. The molecule has 1 saturated heterocycles. The summed E-state index contributed by atoms with van der Waals surface area (Å²) in [6, 6.07) is 5.27. The Morgan fingerprint density at radius 1 is 1.12 bits per heavy atom. The van der Waals surface area contributed by atoms with Gasteiger partial charge in [-0.2, -0.15) is 0 Å². The fraction of sp³-hybridized carbons (Fsp3) is 0.444. The molecule has 0 aliphatic carbocycles. The van der Waals surface area contributed by atoms with Crippen molar-refractivity contribution in [2.24, 2.45) is 5.92 Å². The van der Waals surface area contributed by atoms with Gasteiger partial charge < -0.3 is 4.90 Å². The van der Waals surface area contributed by atoms with Crippen molar-refractivity contribution >= 4 is 21.7 Å². The predicted molar refractivity (Wildman–Crippen MR) is 99.4 cm³/mol. The number of hydrogen-bond acceptors (Lipinski definition) is 5. The minimum absolute atomic E-state index is 0.271. The highest BCUT2D eigenvalue weighted by Gasteiger charge is 2.19. The summed E-state index contributed by atoms with van der Waals surface area (Å²) in [6.07, 6.45) is 5.32. The summed E-state index contributed by atoms with van der Waals surface area (Å²) in [5, 5.41) is 0. The Bertz CT molecular complexity index is 842. The van der Waals surface area contributed by atoms with Crippen LogP contribution in [0, 0.1) is 19.8 Å². The molecule has 0 bridgehead atoms. The van der Waals surface area contributed by atoms with E-state index in [4.69, 9.17) is 0 Å². The summed E-state index contributed by atoms with van der Waals surface area (Å²) in [6.45, 7) is 7.86. The van der Waals surface area contributed by atoms with Crippen LogP contribution in [-0.4, -0.2) is 31.5 Å². The third-order valence-electron chi connectivity index (χ3n) is 4.58. The third kappa shape index (κ3) is 4.10. The number of aromatic nitrogens is 2. The van der Waals surface area contributed by atoms with Gasteiger partial charge in [0.1, 0.15) is 0 Å². The summed E-state index contributed by atoms with van der Waals surface area (Å²) >= 11 is 0. The monoisotopic (exact) mass is 360 g/mol. The van der Waals surface area contributed by atoms with Gasteiger partial charge in [-0.3, -0.25) is 4.72 Å². The van der Waals surface area contributed by atoms with Crippen LogP contribution < -0.4 is 9.62 Å². The largest absolute Gasteiger partial charge is 0.341 e. The lowest BCUT2D eigenvalue weighted by Gasteiger charge is -2.30. The van der Waals surface area contributed by atoms with E-state index in [9.17, 15) is 8.42 Å². The molecule has 0 radical (unpaired) electrons. The molecule has 7 heteroatoms. The molecule has 0 atom stereocenters. The average Bonchev–Trinajstić information content (AvgIpc) is 2.55. The standard InChI is InChI=1S/C18H24N4O2S/c1-13-6-8-22(9-7-13)18-19-11-16(12-20-18)21-25(23,24)17-5-4-14(2)10-15(17)3/h4-5,10-13,21H,6-9H2,1-3H3. The molecule has 1 aliphatic rings. The lowest BCUT2D eigenvalue weighted by molar-refractivity contribution is 0.434. The molecule has 0 saturated carbocycles. The van der Waals surface area contributed by atoms with Crippen LogP contribution in [0.2, 0.25) is 0 Å². The Kier molecular flexibility index (Phi) is 4.94. The Morgan fingerprint density at radius 2 is 1.76 bits per heavy atom. The molecule has 1 aromatic carbocycles. The molecular weight excluding hydrogens is 336 g/mol. The second-order valence-electron chi connectivity index (χ2n) is 6.82. The summed E-state index contributed by atoms with van der Waals surface area (Å²) in [5.41, 5.74) is 2.11. The van der Waals surface area contributed by atoms with Crippen molar-refractivity contribution in [3.63, 3.8) is 0 Å². The van der Waals surface area contributed by atoms with E-state index in [0.29, 0.717) is 17.2 Å². The zero-order valence-electron chi connectivity index (χ0n) is 14.9. The molecule has 1 aliphatic heterocycles. The molecule has 1 N–H and O–H groups in total. The predicted octanol–water partition coefficient (Wildman–Crippen LogP) is 3.13. The van der Waals surface area contributed by atoms with Crippen LogP contribution in [0.25, 0.3) is 0 Å². The normalized spacial score (nSPS) is 16.0. The number of benzene rings is 1. The molecule has 6 nitrogen and oxygen atoms in total. The van der Waals surface area contributed by atoms with Gasteiger partial charge in [0.05, 0.1) is 23.0 Å². The van der Waals surface area contributed by atoms with Crippen LogP contribution in [0.1, 0.15) is 30.9 Å². The van der Waals surface area contributed by atoms with Gasteiger partial charge in [-0.15, -0.1) is 0 Å². The van der Waals surface area contributed by atoms with E-state index in [1.807, 2.05) is 13.0 Å². The van der Waals surface area contributed by atoms with E-state index in [-0.39, 0.29) is 4.90 Å². The summed E-state index contributed by atoms with van der Waals surface area (Å²) in [7, 11) is -3.65. The number of rotatable bonds is 4. The van der Waals surface area contributed by atoms with Crippen molar-refractivity contribution in [3.8, 4) is 0 Å². The fourth-order valence-corrected chi connectivity index (χ4v) is 4.31. The van der Waals surface area contributed by atoms with E-state index in [1.165, 1.54) is 12.4 Å². The number of hydrogen-bond donors (Lipinski definition) is 1. The van der Waals surface area contributed by atoms with Crippen LogP contribution in [0.5, 0.6) is 0 Å². The van der Waals surface area contributed by atoms with Gasteiger partial charge >= 0.3 is 0 Å². The minimum atomic E-state index is -3.65. The Balaban J connectivity index is 1.74. The second-order valence-corrected chi connectivity index (χ2v) is 8.47. The maximum Gasteiger partial charge on any atom is 0.262 e. The minimum Gasteiger partial charge on any atom is -0.341 e. The highest BCUT2D eigenvalue weighted by molar-refractivity contribution is 7.92. The first-order valence-electron chi connectivity index (χ1n) is 8.52. The number of piperidine rings is 1. The molecule has 2 heterocycles. The SMILES string of the molecule is Cc1ccc(S(=O)(=O)Nc2cnc(N3CCC(C)CC3)nc2)c(C)c1. The van der Waals surface area contributed by atoms with E-state index >= 15 is 0 Å². The number of aryl methyl sites for hydroxylation is 2. The number of nitrogens with one attached hydrogen (secondary N) is 1. The van der Waals surface area contributed by atoms with Crippen molar-refractivity contribution in [3.05, 3.63) is 41.7 Å². The van der Waals surface area contributed by atoms with E-state index in [1.54, 1.807) is 19.1 Å². The number of nitrogens with zero attached hydrogens (tertiary/aromatic N) is 3. The van der Waals surface area contributed by atoms with Crippen LogP contribution in [0.15, 0.2) is 35.5 Å². The zero-order valence-corrected chi connectivity index (χ0v) is 15.7. The highest BCUT2D eigenvalue weighted by Crippen LogP contribution is 2.22. The maximum atomic E-state index is 12.6. The average molecular weight is 360 g/mol. The highest BCUT2D eigenvalue weighted by atomic mass is 32.2. The number of sulfonamides is 1. The molecule has 1 fully saturated rings. The molecule has 134 valence electrons. The van der Waals surface area contributed by atoms with Gasteiger partial charge in [-0.05, 0) is 44.2 Å². The van der Waals surface area contributed by atoms with E-state index < -0.39 is 10.0 Å². The first kappa shape index (κ1) is 17.7. The van der Waals surface area contributed by atoms with Gasteiger partial charge in [0.25, 0.3) is 10.0 Å². The molecule has 0 amide bonds. The quantitative estimate of drug-likeness (QED) is 0.907. The molecule has 0 spiro atoms. The van der Waals surface area contributed by atoms with E-state index in [0.717, 1.165) is 37.4 Å². The van der Waals surface area contributed by atoms with Gasteiger partial charge in [0, 0.05) is 13.1 Å². The van der Waals surface area contributed by atoms with Gasteiger partial charge in [-0.1, -0.05) is 24.6 Å². The van der Waals surface area contributed by atoms with Crippen molar-refractivity contribution in [1.82, 2.24) is 9.97 Å². The van der Waals surface area contributed by atoms with Crippen molar-refractivity contribution in [2.45, 2.75) is 38.5 Å². The molecule has 1 aromatic heterocycles. The van der Waals surface area contributed by atoms with Gasteiger partial charge in [0.15, 0.2) is 0 Å². The van der Waals surface area contributed by atoms with Crippen LogP contribution in [-0.2, 0) is 10.0 Å². The van der Waals surface area contributed by atoms with Crippen LogP contribution in [0.3, 0.4) is 0 Å².